The molecule has 4 nitrogen and oxygen atoms in total. The fourth-order valence-electron chi connectivity index (χ4n) is 1.72. The van der Waals surface area contributed by atoms with Gasteiger partial charge in [-0.25, -0.2) is 0 Å². The zero-order valence-corrected chi connectivity index (χ0v) is 11.4. The zero-order chi connectivity index (χ0) is 13.8. The summed E-state index contributed by atoms with van der Waals surface area (Å²) < 4.78 is 5.35. The molecule has 0 unspecified atom stereocenters. The van der Waals surface area contributed by atoms with E-state index in [0.29, 0.717) is 6.54 Å². The van der Waals surface area contributed by atoms with E-state index in [1.165, 1.54) is 0 Å². The van der Waals surface area contributed by atoms with Crippen LogP contribution < -0.4 is 10.1 Å². The predicted octanol–water partition coefficient (Wildman–Crippen LogP) is 2.88. The van der Waals surface area contributed by atoms with Crippen LogP contribution in [0.15, 0.2) is 18.2 Å². The Bertz CT molecular complexity index is 422. The number of aliphatic carboxylic acids is 1. The minimum absolute atomic E-state index is 0.0180. The Morgan fingerprint density at radius 3 is 2.56 bits per heavy atom. The summed E-state index contributed by atoms with van der Waals surface area (Å²) in [7, 11) is 1.65. The molecule has 0 bridgehead atoms. The van der Waals surface area contributed by atoms with Crippen molar-refractivity contribution in [3.05, 3.63) is 23.8 Å². The number of rotatable bonds is 5. The highest BCUT2D eigenvalue weighted by Gasteiger charge is 2.19. The molecular weight excluding hydrogens is 230 g/mol. The van der Waals surface area contributed by atoms with Crippen LogP contribution in [0.4, 0.5) is 5.69 Å². The summed E-state index contributed by atoms with van der Waals surface area (Å²) in [4.78, 5) is 10.5. The molecule has 100 valence electrons. The van der Waals surface area contributed by atoms with Gasteiger partial charge in [0.1, 0.15) is 5.75 Å². The van der Waals surface area contributed by atoms with Crippen molar-refractivity contribution in [1.82, 2.24) is 0 Å². The second kappa shape index (κ2) is 5.76. The third kappa shape index (κ3) is 3.95. The molecule has 18 heavy (non-hydrogen) atoms. The molecule has 0 saturated heterocycles. The van der Waals surface area contributed by atoms with E-state index >= 15 is 0 Å². The normalized spacial score (nSPS) is 11.1. The number of benzene rings is 1. The van der Waals surface area contributed by atoms with Crippen LogP contribution in [0.25, 0.3) is 0 Å². The van der Waals surface area contributed by atoms with Gasteiger partial charge in [-0.2, -0.15) is 0 Å². The van der Waals surface area contributed by atoms with Gasteiger partial charge in [-0.1, -0.05) is 20.8 Å². The molecule has 1 rings (SSSR count). The lowest BCUT2D eigenvalue weighted by atomic mass is 9.86. The lowest BCUT2D eigenvalue weighted by molar-refractivity contribution is -0.136. The van der Waals surface area contributed by atoms with Crippen LogP contribution >= 0.6 is 0 Å². The van der Waals surface area contributed by atoms with E-state index in [1.54, 1.807) is 7.11 Å². The van der Waals surface area contributed by atoms with E-state index in [2.05, 4.69) is 26.1 Å². The maximum absolute atomic E-state index is 10.5. The first-order valence-corrected chi connectivity index (χ1v) is 5.99. The summed E-state index contributed by atoms with van der Waals surface area (Å²) in [6.07, 6.45) is 0.108. The number of ether oxygens (including phenoxy) is 1. The summed E-state index contributed by atoms with van der Waals surface area (Å²) in [5.74, 6) is 0.0540. The Morgan fingerprint density at radius 2 is 2.06 bits per heavy atom. The quantitative estimate of drug-likeness (QED) is 0.844. The molecule has 0 aliphatic rings. The van der Waals surface area contributed by atoms with Crippen LogP contribution in [0.1, 0.15) is 32.8 Å². The van der Waals surface area contributed by atoms with E-state index in [0.717, 1.165) is 17.0 Å². The number of carboxylic acids is 1. The Morgan fingerprint density at radius 1 is 1.39 bits per heavy atom. The topological polar surface area (TPSA) is 58.6 Å². The summed E-state index contributed by atoms with van der Waals surface area (Å²) in [5.41, 5.74) is 2.00. The molecule has 0 atom stereocenters. The first-order valence-electron chi connectivity index (χ1n) is 5.99. The van der Waals surface area contributed by atoms with Crippen LogP contribution in [0.2, 0.25) is 0 Å². The van der Waals surface area contributed by atoms with Gasteiger partial charge in [-0.05, 0) is 23.6 Å². The van der Waals surface area contributed by atoms with E-state index < -0.39 is 5.97 Å². The molecule has 0 saturated carbocycles. The minimum Gasteiger partial charge on any atom is -0.496 e. The van der Waals surface area contributed by atoms with Crippen molar-refractivity contribution in [3.8, 4) is 5.75 Å². The molecule has 0 aliphatic heterocycles. The molecule has 0 fully saturated rings. The number of nitrogens with one attached hydrogen (secondary N) is 1. The maximum atomic E-state index is 10.5. The SMILES string of the molecule is COc1ccc(NCCC(=O)O)cc1C(C)(C)C. The molecule has 0 heterocycles. The monoisotopic (exact) mass is 251 g/mol. The van der Waals surface area contributed by atoms with Crippen molar-refractivity contribution in [2.24, 2.45) is 0 Å². The van der Waals surface area contributed by atoms with Gasteiger partial charge in [-0.3, -0.25) is 4.79 Å². The maximum Gasteiger partial charge on any atom is 0.305 e. The number of anilines is 1. The number of carbonyl (C=O) groups is 1. The molecular formula is C14H21NO3. The van der Waals surface area contributed by atoms with Gasteiger partial charge < -0.3 is 15.2 Å². The molecule has 0 aromatic heterocycles. The van der Waals surface area contributed by atoms with Crippen molar-refractivity contribution >= 4 is 11.7 Å². The molecule has 1 aromatic rings. The van der Waals surface area contributed by atoms with Gasteiger partial charge in [0, 0.05) is 17.8 Å². The zero-order valence-electron chi connectivity index (χ0n) is 11.4. The van der Waals surface area contributed by atoms with Crippen molar-refractivity contribution in [2.75, 3.05) is 19.0 Å². The fraction of sp³-hybridized carbons (Fsp3) is 0.500. The standard InChI is InChI=1S/C14H21NO3/c1-14(2,3)11-9-10(5-6-12(11)18-4)15-8-7-13(16)17/h5-6,9,15H,7-8H2,1-4H3,(H,16,17). The largest absolute Gasteiger partial charge is 0.496 e. The van der Waals surface area contributed by atoms with E-state index in [9.17, 15) is 4.79 Å². The number of hydrogen-bond acceptors (Lipinski definition) is 3. The first kappa shape index (κ1) is 14.4. The highest BCUT2D eigenvalue weighted by molar-refractivity contribution is 5.67. The lowest BCUT2D eigenvalue weighted by Crippen LogP contribution is -2.14. The second-order valence-corrected chi connectivity index (χ2v) is 5.24. The van der Waals surface area contributed by atoms with Gasteiger partial charge in [0.15, 0.2) is 0 Å². The van der Waals surface area contributed by atoms with Gasteiger partial charge in [0.2, 0.25) is 0 Å². The molecule has 4 heteroatoms. The Balaban J connectivity index is 2.86. The third-order valence-electron chi connectivity index (χ3n) is 2.68. The van der Waals surface area contributed by atoms with Gasteiger partial charge >= 0.3 is 5.97 Å². The van der Waals surface area contributed by atoms with Gasteiger partial charge in [0.05, 0.1) is 13.5 Å². The first-order chi connectivity index (χ1) is 8.34. The summed E-state index contributed by atoms with van der Waals surface area (Å²) in [6.45, 7) is 6.77. The van der Waals surface area contributed by atoms with Crippen LogP contribution in [0.3, 0.4) is 0 Å². The van der Waals surface area contributed by atoms with E-state index in [-0.39, 0.29) is 11.8 Å². The number of methoxy groups -OCH3 is 1. The number of carboxylic acid groups (broad SMARTS) is 1. The minimum atomic E-state index is -0.799. The fourth-order valence-corrected chi connectivity index (χ4v) is 1.72. The smallest absolute Gasteiger partial charge is 0.305 e. The molecule has 0 amide bonds. The van der Waals surface area contributed by atoms with Crippen LogP contribution in [-0.4, -0.2) is 24.7 Å². The third-order valence-corrected chi connectivity index (χ3v) is 2.68. The summed E-state index contributed by atoms with van der Waals surface area (Å²) in [6, 6.07) is 5.82. The highest BCUT2D eigenvalue weighted by Crippen LogP contribution is 2.33. The summed E-state index contributed by atoms with van der Waals surface area (Å²) >= 11 is 0. The van der Waals surface area contributed by atoms with Gasteiger partial charge in [-0.15, -0.1) is 0 Å². The predicted molar refractivity (Wildman–Crippen MR) is 72.4 cm³/mol. The second-order valence-electron chi connectivity index (χ2n) is 5.24. The average molecular weight is 251 g/mol. The molecule has 1 aromatic carbocycles. The molecule has 0 spiro atoms. The van der Waals surface area contributed by atoms with Crippen LogP contribution in [0.5, 0.6) is 5.75 Å². The highest BCUT2D eigenvalue weighted by atomic mass is 16.5. The van der Waals surface area contributed by atoms with Crippen molar-refractivity contribution in [3.63, 3.8) is 0 Å². The molecule has 0 aliphatic carbocycles. The van der Waals surface area contributed by atoms with Crippen molar-refractivity contribution in [1.29, 1.82) is 0 Å². The van der Waals surface area contributed by atoms with Crippen molar-refractivity contribution in [2.45, 2.75) is 32.6 Å². The van der Waals surface area contributed by atoms with Crippen molar-refractivity contribution < 1.29 is 14.6 Å². The number of hydrogen-bond donors (Lipinski definition) is 2. The van der Waals surface area contributed by atoms with E-state index in [1.807, 2.05) is 18.2 Å². The van der Waals surface area contributed by atoms with E-state index in [4.69, 9.17) is 9.84 Å². The average Bonchev–Trinajstić information content (AvgIpc) is 2.27. The Kier molecular flexibility index (Phi) is 4.59. The summed E-state index contributed by atoms with van der Waals surface area (Å²) in [5, 5.41) is 11.7. The van der Waals surface area contributed by atoms with Crippen LogP contribution in [-0.2, 0) is 10.2 Å². The Hall–Kier alpha value is -1.71. The van der Waals surface area contributed by atoms with Gasteiger partial charge in [0.25, 0.3) is 0 Å². The lowest BCUT2D eigenvalue weighted by Gasteiger charge is -2.23. The molecule has 2 N–H and O–H groups in total. The van der Waals surface area contributed by atoms with Crippen LogP contribution in [0, 0.1) is 0 Å². The Labute approximate surface area is 108 Å². The molecule has 0 radical (unpaired) electrons.